The number of thiazole rings is 1. The Kier molecular flexibility index (Phi) is 6.57. The van der Waals surface area contributed by atoms with Crippen molar-refractivity contribution >= 4 is 56.0 Å². The number of nitrogens with zero attached hydrogens (tertiary/aromatic N) is 1. The number of hydrogen-bond donors (Lipinski definition) is 1. The summed E-state index contributed by atoms with van der Waals surface area (Å²) in [5, 5.41) is 4.37. The Labute approximate surface area is 167 Å². The third kappa shape index (κ3) is 5.00. The average molecular weight is 405 g/mol. The van der Waals surface area contributed by atoms with Crippen molar-refractivity contribution in [3.63, 3.8) is 0 Å². The summed E-state index contributed by atoms with van der Waals surface area (Å²) >= 11 is 9.15. The van der Waals surface area contributed by atoms with Gasteiger partial charge in [0.15, 0.2) is 5.13 Å². The van der Waals surface area contributed by atoms with Crippen LogP contribution >= 0.6 is 34.7 Å². The molecule has 0 unspecified atom stereocenters. The SMILES string of the molecule is CC(C)c1cccc2sc(NC(=O)CCCSc3ccc(Cl)cc3)nc12. The normalized spacial score (nSPS) is 11.2. The first-order chi connectivity index (χ1) is 12.5. The first-order valence-corrected chi connectivity index (χ1v) is 10.8. The standard InChI is InChI=1S/C20H21ClN2OS2/c1-13(2)16-5-3-6-17-19(16)23-20(26-17)22-18(24)7-4-12-25-15-10-8-14(21)9-11-15/h3,5-6,8-11,13H,4,7,12H2,1-2H3,(H,22,23,24). The van der Waals surface area contributed by atoms with Gasteiger partial charge in [-0.15, -0.1) is 11.8 Å². The Hall–Kier alpha value is -1.56. The number of benzene rings is 2. The molecule has 0 aliphatic heterocycles. The smallest absolute Gasteiger partial charge is 0.226 e. The van der Waals surface area contributed by atoms with Crippen molar-refractivity contribution in [3.05, 3.63) is 53.1 Å². The van der Waals surface area contributed by atoms with Crippen molar-refractivity contribution in [2.75, 3.05) is 11.1 Å². The van der Waals surface area contributed by atoms with E-state index in [2.05, 4.69) is 42.3 Å². The van der Waals surface area contributed by atoms with Gasteiger partial charge in [-0.3, -0.25) is 4.79 Å². The van der Waals surface area contributed by atoms with Gasteiger partial charge in [-0.05, 0) is 54.0 Å². The maximum atomic E-state index is 12.2. The second-order valence-corrected chi connectivity index (χ2v) is 8.96. The van der Waals surface area contributed by atoms with E-state index < -0.39 is 0 Å². The molecule has 1 amide bonds. The van der Waals surface area contributed by atoms with E-state index in [-0.39, 0.29) is 5.91 Å². The van der Waals surface area contributed by atoms with Gasteiger partial charge in [-0.1, -0.05) is 48.9 Å². The minimum atomic E-state index is 0.0202. The third-order valence-corrected chi connectivity index (χ3v) is 6.24. The van der Waals surface area contributed by atoms with E-state index in [0.717, 1.165) is 27.4 Å². The van der Waals surface area contributed by atoms with Gasteiger partial charge in [0.25, 0.3) is 0 Å². The first kappa shape index (κ1) is 19.2. The number of nitrogens with one attached hydrogen (secondary N) is 1. The van der Waals surface area contributed by atoms with Gasteiger partial charge >= 0.3 is 0 Å². The molecule has 3 aromatic rings. The van der Waals surface area contributed by atoms with Crippen LogP contribution in [0, 0.1) is 0 Å². The van der Waals surface area contributed by atoms with Crippen LogP contribution in [0.1, 0.15) is 38.2 Å². The van der Waals surface area contributed by atoms with Gasteiger partial charge in [-0.25, -0.2) is 4.98 Å². The van der Waals surface area contributed by atoms with E-state index in [1.54, 1.807) is 11.8 Å². The molecule has 1 aromatic heterocycles. The van der Waals surface area contributed by atoms with Gasteiger partial charge in [0.1, 0.15) is 0 Å². The molecule has 0 bridgehead atoms. The molecule has 0 aliphatic carbocycles. The molecule has 3 nitrogen and oxygen atoms in total. The van der Waals surface area contributed by atoms with Gasteiger partial charge in [-0.2, -0.15) is 0 Å². The quantitative estimate of drug-likeness (QED) is 0.357. The van der Waals surface area contributed by atoms with Crippen LogP contribution in [0.15, 0.2) is 47.4 Å². The Balaban J connectivity index is 1.51. The number of thioether (sulfide) groups is 1. The number of aromatic nitrogens is 1. The minimum absolute atomic E-state index is 0.0202. The second kappa shape index (κ2) is 8.89. The molecule has 0 aliphatic rings. The van der Waals surface area contributed by atoms with E-state index in [1.807, 2.05) is 24.3 Å². The molecule has 0 radical (unpaired) electrons. The molecule has 26 heavy (non-hydrogen) atoms. The summed E-state index contributed by atoms with van der Waals surface area (Å²) in [5.41, 5.74) is 2.22. The number of amides is 1. The molecule has 0 saturated carbocycles. The van der Waals surface area contributed by atoms with Crippen LogP contribution in [0.25, 0.3) is 10.2 Å². The maximum Gasteiger partial charge on any atom is 0.226 e. The van der Waals surface area contributed by atoms with E-state index in [4.69, 9.17) is 11.6 Å². The number of para-hydroxylation sites is 1. The van der Waals surface area contributed by atoms with Crippen molar-refractivity contribution in [3.8, 4) is 0 Å². The monoisotopic (exact) mass is 404 g/mol. The molecule has 136 valence electrons. The molecule has 0 fully saturated rings. The minimum Gasteiger partial charge on any atom is -0.302 e. The van der Waals surface area contributed by atoms with E-state index in [1.165, 1.54) is 21.8 Å². The van der Waals surface area contributed by atoms with Crippen molar-refractivity contribution in [1.82, 2.24) is 4.98 Å². The lowest BCUT2D eigenvalue weighted by atomic mass is 10.0. The largest absolute Gasteiger partial charge is 0.302 e. The van der Waals surface area contributed by atoms with E-state index in [9.17, 15) is 4.79 Å². The van der Waals surface area contributed by atoms with E-state index in [0.29, 0.717) is 17.5 Å². The highest BCUT2D eigenvalue weighted by molar-refractivity contribution is 7.99. The molecule has 3 rings (SSSR count). The summed E-state index contributed by atoms with van der Waals surface area (Å²) < 4.78 is 1.12. The summed E-state index contributed by atoms with van der Waals surface area (Å²) in [7, 11) is 0. The summed E-state index contributed by atoms with van der Waals surface area (Å²) in [5.74, 6) is 1.33. The van der Waals surface area contributed by atoms with Crippen molar-refractivity contribution in [1.29, 1.82) is 0 Å². The lowest BCUT2D eigenvalue weighted by Gasteiger charge is -2.04. The summed E-state index contributed by atoms with van der Waals surface area (Å²) in [4.78, 5) is 18.0. The Morgan fingerprint density at radius 3 is 2.73 bits per heavy atom. The van der Waals surface area contributed by atoms with Crippen LogP contribution in [-0.2, 0) is 4.79 Å². The first-order valence-electron chi connectivity index (χ1n) is 8.60. The highest BCUT2D eigenvalue weighted by atomic mass is 35.5. The summed E-state index contributed by atoms with van der Waals surface area (Å²) in [6, 6.07) is 14.0. The summed E-state index contributed by atoms with van der Waals surface area (Å²) in [6.07, 6.45) is 1.31. The van der Waals surface area contributed by atoms with Gasteiger partial charge in [0.05, 0.1) is 10.2 Å². The Morgan fingerprint density at radius 1 is 1.23 bits per heavy atom. The zero-order valence-corrected chi connectivity index (χ0v) is 17.2. The van der Waals surface area contributed by atoms with Crippen molar-refractivity contribution in [2.45, 2.75) is 37.5 Å². The zero-order valence-electron chi connectivity index (χ0n) is 14.8. The molecular weight excluding hydrogens is 384 g/mol. The fraction of sp³-hybridized carbons (Fsp3) is 0.300. The maximum absolute atomic E-state index is 12.2. The molecule has 6 heteroatoms. The van der Waals surface area contributed by atoms with Crippen LogP contribution in [0.2, 0.25) is 5.02 Å². The number of carbonyl (C=O) groups is 1. The molecular formula is C20H21ClN2OS2. The van der Waals surface area contributed by atoms with Crippen molar-refractivity contribution in [2.24, 2.45) is 0 Å². The molecule has 2 aromatic carbocycles. The second-order valence-electron chi connectivity index (χ2n) is 6.32. The molecule has 1 N–H and O–H groups in total. The fourth-order valence-electron chi connectivity index (χ4n) is 2.62. The lowest BCUT2D eigenvalue weighted by Crippen LogP contribution is -2.11. The molecule has 0 saturated heterocycles. The predicted octanol–water partition coefficient (Wildman–Crippen LogP) is 6.58. The third-order valence-electron chi connectivity index (χ3n) is 3.95. The van der Waals surface area contributed by atoms with Crippen LogP contribution in [0.5, 0.6) is 0 Å². The number of anilines is 1. The van der Waals surface area contributed by atoms with Crippen LogP contribution in [-0.4, -0.2) is 16.6 Å². The number of rotatable bonds is 7. The number of halogens is 1. The van der Waals surface area contributed by atoms with Crippen molar-refractivity contribution < 1.29 is 4.79 Å². The highest BCUT2D eigenvalue weighted by Crippen LogP contribution is 2.31. The highest BCUT2D eigenvalue weighted by Gasteiger charge is 2.12. The van der Waals surface area contributed by atoms with Crippen LogP contribution in [0.3, 0.4) is 0 Å². The Morgan fingerprint density at radius 2 is 2.00 bits per heavy atom. The van der Waals surface area contributed by atoms with Gasteiger partial charge < -0.3 is 5.32 Å². The fourth-order valence-corrected chi connectivity index (χ4v) is 4.52. The Bertz CT molecular complexity index is 890. The summed E-state index contributed by atoms with van der Waals surface area (Å²) in [6.45, 7) is 4.31. The molecule has 0 spiro atoms. The van der Waals surface area contributed by atoms with Gasteiger partial charge in [0.2, 0.25) is 5.91 Å². The molecule has 1 heterocycles. The molecule has 0 atom stereocenters. The number of carbonyl (C=O) groups excluding carboxylic acids is 1. The van der Waals surface area contributed by atoms with Crippen LogP contribution in [0.4, 0.5) is 5.13 Å². The average Bonchev–Trinajstić information content (AvgIpc) is 3.02. The lowest BCUT2D eigenvalue weighted by molar-refractivity contribution is -0.116. The van der Waals surface area contributed by atoms with Crippen LogP contribution < -0.4 is 5.32 Å². The predicted molar refractivity (Wildman–Crippen MR) is 114 cm³/mol. The number of hydrogen-bond acceptors (Lipinski definition) is 4. The van der Waals surface area contributed by atoms with Gasteiger partial charge in [0, 0.05) is 16.3 Å². The topological polar surface area (TPSA) is 42.0 Å². The van der Waals surface area contributed by atoms with E-state index >= 15 is 0 Å². The number of fused-ring (bicyclic) bond motifs is 1. The zero-order chi connectivity index (χ0) is 18.5.